The third-order valence-corrected chi connectivity index (χ3v) is 5.53. The number of halogens is 1. The van der Waals surface area contributed by atoms with Crippen LogP contribution >= 0.6 is 11.6 Å². The monoisotopic (exact) mass is 361 g/mol. The minimum Gasteiger partial charge on any atom is -0.379 e. The van der Waals surface area contributed by atoms with Crippen molar-refractivity contribution in [1.82, 2.24) is 25.1 Å². The molecule has 0 N–H and O–H groups in total. The summed E-state index contributed by atoms with van der Waals surface area (Å²) in [5.41, 5.74) is 1.18. The van der Waals surface area contributed by atoms with Gasteiger partial charge in [0.2, 0.25) is 0 Å². The summed E-state index contributed by atoms with van der Waals surface area (Å²) in [5, 5.41) is 13.6. The van der Waals surface area contributed by atoms with Gasteiger partial charge in [-0.25, -0.2) is 4.68 Å². The lowest BCUT2D eigenvalue weighted by Crippen LogP contribution is -2.41. The van der Waals surface area contributed by atoms with Crippen LogP contribution in [0.25, 0.3) is 0 Å². The van der Waals surface area contributed by atoms with Crippen molar-refractivity contribution in [2.24, 2.45) is 0 Å². The van der Waals surface area contributed by atoms with E-state index in [4.69, 9.17) is 16.3 Å². The van der Waals surface area contributed by atoms with E-state index in [1.165, 1.54) is 24.8 Å². The summed E-state index contributed by atoms with van der Waals surface area (Å²) in [5.74, 6) is 0.941. The number of morpholine rings is 1. The molecule has 6 nitrogen and oxygen atoms in total. The second kappa shape index (κ2) is 7.81. The zero-order valence-electron chi connectivity index (χ0n) is 14.4. The first-order valence-corrected chi connectivity index (χ1v) is 9.56. The van der Waals surface area contributed by atoms with E-state index in [9.17, 15) is 0 Å². The minimum absolute atomic E-state index is 0.0399. The number of hydrogen-bond acceptors (Lipinski definition) is 5. The standard InChI is InChI=1S/C18H24ClN5O/c19-15-8-6-14(7-9-15)17(23-10-12-25-13-11-23)18-20-21-22-24(18)16-4-2-1-3-5-16/h6-9,16-17H,1-5,10-13H2/t17-/m1/s1. The molecular weight excluding hydrogens is 338 g/mol. The van der Waals surface area contributed by atoms with Gasteiger partial charge in [-0.15, -0.1) is 5.10 Å². The minimum atomic E-state index is 0.0399. The van der Waals surface area contributed by atoms with Crippen LogP contribution in [0.1, 0.15) is 55.6 Å². The van der Waals surface area contributed by atoms with Gasteiger partial charge in [-0.3, -0.25) is 4.90 Å². The van der Waals surface area contributed by atoms with Crippen molar-refractivity contribution in [2.75, 3.05) is 26.3 Å². The molecule has 0 radical (unpaired) electrons. The van der Waals surface area contributed by atoms with Gasteiger partial charge < -0.3 is 4.74 Å². The fourth-order valence-corrected chi connectivity index (χ4v) is 4.10. The van der Waals surface area contributed by atoms with Gasteiger partial charge in [-0.05, 0) is 41.0 Å². The molecule has 1 aliphatic heterocycles. The van der Waals surface area contributed by atoms with Crippen molar-refractivity contribution in [1.29, 1.82) is 0 Å². The van der Waals surface area contributed by atoms with Gasteiger partial charge in [0.05, 0.1) is 25.3 Å². The Kier molecular flexibility index (Phi) is 5.29. The van der Waals surface area contributed by atoms with E-state index in [1.54, 1.807) is 0 Å². The lowest BCUT2D eigenvalue weighted by molar-refractivity contribution is 0.0211. The van der Waals surface area contributed by atoms with Crippen LogP contribution < -0.4 is 0 Å². The molecule has 0 unspecified atom stereocenters. The molecule has 0 amide bonds. The Morgan fingerprint density at radius 1 is 1.04 bits per heavy atom. The highest BCUT2D eigenvalue weighted by atomic mass is 35.5. The molecule has 2 aliphatic rings. The number of tetrazole rings is 1. The van der Waals surface area contributed by atoms with Crippen LogP contribution in [0.15, 0.2) is 24.3 Å². The number of nitrogens with zero attached hydrogens (tertiary/aromatic N) is 5. The van der Waals surface area contributed by atoms with Crippen molar-refractivity contribution >= 4 is 11.6 Å². The Hall–Kier alpha value is -1.50. The summed E-state index contributed by atoms with van der Waals surface area (Å²) in [7, 11) is 0. The molecule has 1 saturated carbocycles. The Morgan fingerprint density at radius 2 is 1.76 bits per heavy atom. The Labute approximate surface area is 153 Å². The summed E-state index contributed by atoms with van der Waals surface area (Å²) in [6.45, 7) is 3.25. The first-order valence-electron chi connectivity index (χ1n) is 9.18. The topological polar surface area (TPSA) is 56.1 Å². The number of ether oxygens (including phenoxy) is 1. The number of rotatable bonds is 4. The molecule has 0 bridgehead atoms. The van der Waals surface area contributed by atoms with E-state index in [0.717, 1.165) is 50.0 Å². The zero-order valence-corrected chi connectivity index (χ0v) is 15.1. The summed E-state index contributed by atoms with van der Waals surface area (Å²) in [4.78, 5) is 2.41. The Morgan fingerprint density at radius 3 is 2.48 bits per heavy atom. The summed E-state index contributed by atoms with van der Waals surface area (Å²) in [6.07, 6.45) is 6.15. The number of hydrogen-bond donors (Lipinski definition) is 0. The summed E-state index contributed by atoms with van der Waals surface area (Å²) >= 11 is 6.10. The van der Waals surface area contributed by atoms with Gasteiger partial charge >= 0.3 is 0 Å². The van der Waals surface area contributed by atoms with Gasteiger partial charge in [0, 0.05) is 18.1 Å². The second-order valence-corrected chi connectivity index (χ2v) is 7.31. The molecule has 7 heteroatoms. The van der Waals surface area contributed by atoms with E-state index >= 15 is 0 Å². The van der Waals surface area contributed by atoms with Gasteiger partial charge in [0.15, 0.2) is 5.82 Å². The van der Waals surface area contributed by atoms with E-state index in [2.05, 4.69) is 37.2 Å². The lowest BCUT2D eigenvalue weighted by Gasteiger charge is -2.35. The molecule has 2 heterocycles. The summed E-state index contributed by atoms with van der Waals surface area (Å²) < 4.78 is 7.62. The van der Waals surface area contributed by atoms with Crippen LogP contribution in [0.2, 0.25) is 5.02 Å². The summed E-state index contributed by atoms with van der Waals surface area (Å²) in [6, 6.07) is 8.51. The first-order chi connectivity index (χ1) is 12.3. The van der Waals surface area contributed by atoms with Crippen molar-refractivity contribution < 1.29 is 4.74 Å². The maximum atomic E-state index is 6.10. The van der Waals surface area contributed by atoms with Crippen molar-refractivity contribution in [3.8, 4) is 0 Å². The number of benzene rings is 1. The van der Waals surface area contributed by atoms with Crippen molar-refractivity contribution in [2.45, 2.75) is 44.2 Å². The van der Waals surface area contributed by atoms with Gasteiger partial charge in [0.1, 0.15) is 0 Å². The predicted octanol–water partition coefficient (Wildman–Crippen LogP) is 3.25. The molecule has 2 fully saturated rings. The molecule has 1 atom stereocenters. The van der Waals surface area contributed by atoms with Crippen LogP contribution in [0.5, 0.6) is 0 Å². The van der Waals surface area contributed by atoms with Gasteiger partial charge in [-0.2, -0.15) is 0 Å². The molecule has 4 rings (SSSR count). The van der Waals surface area contributed by atoms with Crippen molar-refractivity contribution in [3.63, 3.8) is 0 Å². The SMILES string of the molecule is Clc1ccc([C@H](c2nnnn2C2CCCCC2)N2CCOCC2)cc1. The van der Waals surface area contributed by atoms with E-state index < -0.39 is 0 Å². The zero-order chi connectivity index (χ0) is 17.1. The lowest BCUT2D eigenvalue weighted by atomic mass is 9.95. The highest BCUT2D eigenvalue weighted by molar-refractivity contribution is 6.30. The van der Waals surface area contributed by atoms with E-state index in [0.29, 0.717) is 6.04 Å². The van der Waals surface area contributed by atoms with Crippen LogP contribution in [0, 0.1) is 0 Å². The molecular formula is C18H24ClN5O. The van der Waals surface area contributed by atoms with Crippen LogP contribution in [0.3, 0.4) is 0 Å². The van der Waals surface area contributed by atoms with Gasteiger partial charge in [-0.1, -0.05) is 43.0 Å². The fourth-order valence-electron chi connectivity index (χ4n) is 3.97. The van der Waals surface area contributed by atoms with E-state index in [-0.39, 0.29) is 6.04 Å². The maximum absolute atomic E-state index is 6.10. The molecule has 1 aromatic carbocycles. The first kappa shape index (κ1) is 16.9. The Bertz CT molecular complexity index is 677. The highest BCUT2D eigenvalue weighted by Crippen LogP contribution is 2.33. The molecule has 1 saturated heterocycles. The quantitative estimate of drug-likeness (QED) is 0.836. The van der Waals surface area contributed by atoms with Crippen molar-refractivity contribution in [3.05, 3.63) is 40.7 Å². The van der Waals surface area contributed by atoms with E-state index in [1.807, 2.05) is 12.1 Å². The fraction of sp³-hybridized carbons (Fsp3) is 0.611. The van der Waals surface area contributed by atoms with Crippen LogP contribution in [-0.2, 0) is 4.74 Å². The molecule has 134 valence electrons. The molecule has 25 heavy (non-hydrogen) atoms. The third-order valence-electron chi connectivity index (χ3n) is 5.28. The Balaban J connectivity index is 1.70. The van der Waals surface area contributed by atoms with Gasteiger partial charge in [0.25, 0.3) is 0 Å². The van der Waals surface area contributed by atoms with Crippen LogP contribution in [-0.4, -0.2) is 51.4 Å². The molecule has 2 aromatic rings. The number of aromatic nitrogens is 4. The second-order valence-electron chi connectivity index (χ2n) is 6.88. The average molecular weight is 362 g/mol. The third kappa shape index (κ3) is 3.71. The predicted molar refractivity (Wildman–Crippen MR) is 95.6 cm³/mol. The normalized spacial score (nSPS) is 21.3. The largest absolute Gasteiger partial charge is 0.379 e. The smallest absolute Gasteiger partial charge is 0.173 e. The maximum Gasteiger partial charge on any atom is 0.173 e. The average Bonchev–Trinajstić information content (AvgIpc) is 3.14. The molecule has 1 aliphatic carbocycles. The molecule has 0 spiro atoms. The highest BCUT2D eigenvalue weighted by Gasteiger charge is 2.31. The molecule has 1 aromatic heterocycles. The van der Waals surface area contributed by atoms with Crippen LogP contribution in [0.4, 0.5) is 0 Å².